The van der Waals surface area contributed by atoms with Crippen LogP contribution in [0.15, 0.2) is 30.5 Å². The molecular weight excluding hydrogens is 246 g/mol. The van der Waals surface area contributed by atoms with Crippen molar-refractivity contribution in [2.45, 2.75) is 18.8 Å². The molecule has 96 valence electrons. The second-order valence-corrected chi connectivity index (χ2v) is 4.66. The number of halogens is 1. The van der Waals surface area contributed by atoms with Crippen LogP contribution in [0.25, 0.3) is 10.8 Å². The molecule has 2 heterocycles. The molecule has 4 heteroatoms. The lowest BCUT2D eigenvalue weighted by molar-refractivity contribution is 0.455. The summed E-state index contributed by atoms with van der Waals surface area (Å²) >= 11 is 0. The van der Waals surface area contributed by atoms with Gasteiger partial charge in [0.15, 0.2) is 0 Å². The number of piperidine rings is 1. The van der Waals surface area contributed by atoms with E-state index in [0.717, 1.165) is 24.2 Å². The van der Waals surface area contributed by atoms with Gasteiger partial charge in [0, 0.05) is 28.6 Å². The van der Waals surface area contributed by atoms with Gasteiger partial charge in [-0.05, 0) is 38.1 Å². The van der Waals surface area contributed by atoms with Crippen molar-refractivity contribution in [2.75, 3.05) is 18.8 Å². The summed E-state index contributed by atoms with van der Waals surface area (Å²) in [6.45, 7) is 2.18. The second kappa shape index (κ2) is 5.55. The predicted octanol–water partition coefficient (Wildman–Crippen LogP) is 2.71. The summed E-state index contributed by atoms with van der Waals surface area (Å²) < 4.78 is 0. The van der Waals surface area contributed by atoms with Crippen molar-refractivity contribution in [1.29, 1.82) is 0 Å². The number of hydrogen-bond donors (Lipinski definition) is 2. The van der Waals surface area contributed by atoms with Crippen molar-refractivity contribution in [1.82, 2.24) is 10.3 Å². The third-order valence-electron chi connectivity index (χ3n) is 3.60. The molecule has 0 atom stereocenters. The fourth-order valence-electron chi connectivity index (χ4n) is 2.67. The summed E-state index contributed by atoms with van der Waals surface area (Å²) in [7, 11) is 0. The number of fused-ring (bicyclic) bond motifs is 1. The van der Waals surface area contributed by atoms with Crippen molar-refractivity contribution < 1.29 is 0 Å². The summed E-state index contributed by atoms with van der Waals surface area (Å²) in [5.41, 5.74) is 8.08. The lowest BCUT2D eigenvalue weighted by atomic mass is 9.91. The van der Waals surface area contributed by atoms with Crippen LogP contribution in [0.2, 0.25) is 0 Å². The van der Waals surface area contributed by atoms with Gasteiger partial charge in [0.25, 0.3) is 0 Å². The number of nitrogen functional groups attached to an aromatic ring is 1. The van der Waals surface area contributed by atoms with E-state index in [2.05, 4.69) is 16.4 Å². The van der Waals surface area contributed by atoms with Crippen molar-refractivity contribution in [3.63, 3.8) is 0 Å². The number of aromatic nitrogens is 1. The minimum Gasteiger partial charge on any atom is -0.398 e. The van der Waals surface area contributed by atoms with Gasteiger partial charge in [0.05, 0.1) is 5.69 Å². The molecule has 0 saturated carbocycles. The van der Waals surface area contributed by atoms with E-state index in [9.17, 15) is 0 Å². The van der Waals surface area contributed by atoms with Crippen LogP contribution in [0.4, 0.5) is 5.69 Å². The van der Waals surface area contributed by atoms with Crippen LogP contribution in [-0.2, 0) is 0 Å². The summed E-state index contributed by atoms with van der Waals surface area (Å²) in [5.74, 6) is 0.571. The van der Waals surface area contributed by atoms with Gasteiger partial charge in [-0.2, -0.15) is 0 Å². The van der Waals surface area contributed by atoms with Gasteiger partial charge in [-0.3, -0.25) is 4.98 Å². The fourth-order valence-corrected chi connectivity index (χ4v) is 2.67. The zero-order valence-electron chi connectivity index (χ0n) is 10.2. The van der Waals surface area contributed by atoms with Crippen LogP contribution >= 0.6 is 12.4 Å². The number of nitrogens with two attached hydrogens (primary N) is 1. The monoisotopic (exact) mass is 263 g/mol. The van der Waals surface area contributed by atoms with Gasteiger partial charge in [-0.25, -0.2) is 0 Å². The standard InChI is InChI=1S/C14H17N3.ClH/c15-13-3-1-2-12-11(13)6-9-17-14(12)10-4-7-16-8-5-10;/h1-3,6,9-10,16H,4-5,7-8,15H2;1H. The Morgan fingerprint density at radius 1 is 1.11 bits per heavy atom. The Morgan fingerprint density at radius 3 is 2.67 bits per heavy atom. The van der Waals surface area contributed by atoms with Gasteiger partial charge in [0.1, 0.15) is 0 Å². The summed E-state index contributed by atoms with van der Waals surface area (Å²) in [5, 5.41) is 5.75. The molecule has 0 unspecified atom stereocenters. The van der Waals surface area contributed by atoms with Crippen molar-refractivity contribution in [2.24, 2.45) is 0 Å². The molecule has 0 amide bonds. The Hall–Kier alpha value is -1.32. The second-order valence-electron chi connectivity index (χ2n) is 4.66. The summed E-state index contributed by atoms with van der Waals surface area (Å²) in [6, 6.07) is 8.11. The maximum absolute atomic E-state index is 6.01. The Kier molecular flexibility index (Phi) is 4.04. The van der Waals surface area contributed by atoms with Crippen LogP contribution in [0.3, 0.4) is 0 Å². The first-order valence-corrected chi connectivity index (χ1v) is 6.20. The molecule has 1 aliphatic heterocycles. The predicted molar refractivity (Wildman–Crippen MR) is 78.2 cm³/mol. The number of hydrogen-bond acceptors (Lipinski definition) is 3. The number of benzene rings is 1. The van der Waals surface area contributed by atoms with Crippen LogP contribution in [0.1, 0.15) is 24.5 Å². The molecule has 3 nitrogen and oxygen atoms in total. The Balaban J connectivity index is 0.00000120. The Bertz CT molecular complexity index is 536. The van der Waals surface area contributed by atoms with E-state index < -0.39 is 0 Å². The minimum atomic E-state index is 0. The topological polar surface area (TPSA) is 50.9 Å². The molecule has 3 rings (SSSR count). The molecule has 0 aliphatic carbocycles. The van der Waals surface area contributed by atoms with E-state index >= 15 is 0 Å². The van der Waals surface area contributed by atoms with E-state index in [1.54, 1.807) is 0 Å². The highest BCUT2D eigenvalue weighted by Crippen LogP contribution is 2.31. The average molecular weight is 264 g/mol. The van der Waals surface area contributed by atoms with Crippen LogP contribution in [0.5, 0.6) is 0 Å². The number of rotatable bonds is 1. The molecule has 1 saturated heterocycles. The largest absolute Gasteiger partial charge is 0.398 e. The molecule has 0 spiro atoms. The first-order chi connectivity index (χ1) is 8.36. The van der Waals surface area contributed by atoms with Crippen molar-refractivity contribution in [3.05, 3.63) is 36.2 Å². The first kappa shape index (κ1) is 13.1. The SMILES string of the molecule is Cl.Nc1cccc2c(C3CCNCC3)nccc12. The summed E-state index contributed by atoms with van der Waals surface area (Å²) in [4.78, 5) is 4.59. The average Bonchev–Trinajstić information content (AvgIpc) is 2.40. The molecule has 0 bridgehead atoms. The van der Waals surface area contributed by atoms with Gasteiger partial charge in [-0.15, -0.1) is 12.4 Å². The molecule has 1 aliphatic rings. The maximum Gasteiger partial charge on any atom is 0.0514 e. The quantitative estimate of drug-likeness (QED) is 0.778. The van der Waals surface area contributed by atoms with Crippen molar-refractivity contribution in [3.8, 4) is 0 Å². The molecule has 18 heavy (non-hydrogen) atoms. The third-order valence-corrected chi connectivity index (χ3v) is 3.60. The van der Waals surface area contributed by atoms with E-state index in [-0.39, 0.29) is 12.4 Å². The third kappa shape index (κ3) is 2.28. The van der Waals surface area contributed by atoms with E-state index in [1.807, 2.05) is 24.4 Å². The zero-order valence-corrected chi connectivity index (χ0v) is 11.0. The van der Waals surface area contributed by atoms with E-state index in [1.165, 1.54) is 23.9 Å². The molecule has 1 fully saturated rings. The van der Waals surface area contributed by atoms with Gasteiger partial charge in [-0.1, -0.05) is 12.1 Å². The zero-order chi connectivity index (χ0) is 11.7. The highest BCUT2D eigenvalue weighted by molar-refractivity contribution is 5.94. The highest BCUT2D eigenvalue weighted by Gasteiger charge is 2.18. The van der Waals surface area contributed by atoms with Gasteiger partial charge in [0.2, 0.25) is 0 Å². The molecule has 3 N–H and O–H groups in total. The van der Waals surface area contributed by atoms with Crippen molar-refractivity contribution >= 4 is 28.9 Å². The Morgan fingerprint density at radius 2 is 1.89 bits per heavy atom. The normalized spacial score (nSPS) is 16.4. The maximum atomic E-state index is 6.01. The van der Waals surface area contributed by atoms with E-state index in [4.69, 9.17) is 5.73 Å². The van der Waals surface area contributed by atoms with E-state index in [0.29, 0.717) is 5.92 Å². The lowest BCUT2D eigenvalue weighted by Crippen LogP contribution is -2.27. The van der Waals surface area contributed by atoms with Crippen LogP contribution < -0.4 is 11.1 Å². The number of pyridine rings is 1. The van der Waals surface area contributed by atoms with Gasteiger partial charge >= 0.3 is 0 Å². The smallest absolute Gasteiger partial charge is 0.0514 e. The molecule has 1 aromatic heterocycles. The van der Waals surface area contributed by atoms with Crippen LogP contribution in [-0.4, -0.2) is 18.1 Å². The summed E-state index contributed by atoms with van der Waals surface area (Å²) in [6.07, 6.45) is 4.22. The molecule has 1 aromatic carbocycles. The molecule has 2 aromatic rings. The van der Waals surface area contributed by atoms with Gasteiger partial charge < -0.3 is 11.1 Å². The number of nitrogens with zero attached hydrogens (tertiary/aromatic N) is 1. The fraction of sp³-hybridized carbons (Fsp3) is 0.357. The number of anilines is 1. The number of nitrogens with one attached hydrogen (secondary N) is 1. The minimum absolute atomic E-state index is 0. The lowest BCUT2D eigenvalue weighted by Gasteiger charge is -2.23. The van der Waals surface area contributed by atoms with Crippen LogP contribution in [0, 0.1) is 0 Å². The first-order valence-electron chi connectivity index (χ1n) is 6.20. The molecule has 0 radical (unpaired) electrons. The highest BCUT2D eigenvalue weighted by atomic mass is 35.5. The molecular formula is C14H18ClN3. The Labute approximate surface area is 113 Å².